The molecule has 1 aromatic heterocycles. The number of hydrogen-bond acceptors (Lipinski definition) is 4. The van der Waals surface area contributed by atoms with Crippen molar-refractivity contribution in [3.05, 3.63) is 82.8 Å². The third kappa shape index (κ3) is 4.19. The molecule has 3 N–H and O–H groups in total. The van der Waals surface area contributed by atoms with Crippen molar-refractivity contribution in [2.45, 2.75) is 17.9 Å². The van der Waals surface area contributed by atoms with Gasteiger partial charge in [-0.25, -0.2) is 9.18 Å². The van der Waals surface area contributed by atoms with Gasteiger partial charge in [0.1, 0.15) is 29.3 Å². The number of amides is 2. The second kappa shape index (κ2) is 8.20. The third-order valence-electron chi connectivity index (χ3n) is 5.26. The molecule has 3 aromatic rings. The molecule has 2 heterocycles. The van der Waals surface area contributed by atoms with Crippen molar-refractivity contribution in [2.24, 2.45) is 5.92 Å². The molecule has 3 atom stereocenters. The third-order valence-corrected chi connectivity index (χ3v) is 5.50. The lowest BCUT2D eigenvalue weighted by molar-refractivity contribution is -0.288. The molecule has 0 spiro atoms. The van der Waals surface area contributed by atoms with Gasteiger partial charge in [0, 0.05) is 16.1 Å². The van der Waals surface area contributed by atoms with Gasteiger partial charge in [-0.15, -0.1) is 0 Å². The fourth-order valence-corrected chi connectivity index (χ4v) is 3.88. The number of urea groups is 1. The average molecular weight is 483 g/mol. The summed E-state index contributed by atoms with van der Waals surface area (Å²) in [7, 11) is 0. The number of alkyl halides is 3. The minimum atomic E-state index is -5.42. The largest absolute Gasteiger partial charge is 0.459 e. The number of rotatable bonds is 4. The quantitative estimate of drug-likeness (QED) is 0.366. The van der Waals surface area contributed by atoms with Crippen LogP contribution in [-0.2, 0) is 0 Å². The Bertz CT molecular complexity index is 1210. The van der Waals surface area contributed by atoms with Gasteiger partial charge in [0.25, 0.3) is 0 Å². The monoisotopic (exact) mass is 482 g/mol. The van der Waals surface area contributed by atoms with Crippen LogP contribution in [0.3, 0.4) is 0 Å². The molecule has 0 bridgehead atoms. The first-order chi connectivity index (χ1) is 15.5. The summed E-state index contributed by atoms with van der Waals surface area (Å²) >= 11 is 5.96. The van der Waals surface area contributed by atoms with Crippen molar-refractivity contribution < 1.29 is 36.7 Å². The van der Waals surface area contributed by atoms with Gasteiger partial charge in [-0.3, -0.25) is 4.79 Å². The molecule has 11 heteroatoms. The van der Waals surface area contributed by atoms with E-state index >= 15 is 0 Å². The molecule has 1 saturated heterocycles. The van der Waals surface area contributed by atoms with E-state index in [9.17, 15) is 32.3 Å². The Morgan fingerprint density at radius 1 is 1.09 bits per heavy atom. The first kappa shape index (κ1) is 22.8. The molecule has 0 saturated carbocycles. The number of hydrogen-bond donors (Lipinski definition) is 3. The number of carbonyl (C=O) groups excluding carboxylic acids is 2. The van der Waals surface area contributed by atoms with E-state index in [-0.39, 0.29) is 17.1 Å². The van der Waals surface area contributed by atoms with Gasteiger partial charge in [0.15, 0.2) is 5.78 Å². The van der Waals surface area contributed by atoms with Crippen LogP contribution >= 0.6 is 11.6 Å². The highest BCUT2D eigenvalue weighted by Crippen LogP contribution is 2.44. The molecule has 4 rings (SSSR count). The van der Waals surface area contributed by atoms with Gasteiger partial charge in [0.2, 0.25) is 5.72 Å². The number of Topliss-reactive ketones (excluding diaryl/α,β-unsaturated/α-hetero) is 1. The van der Waals surface area contributed by atoms with Gasteiger partial charge in [0.05, 0.1) is 0 Å². The van der Waals surface area contributed by atoms with E-state index in [4.69, 9.17) is 16.0 Å². The van der Waals surface area contributed by atoms with Crippen molar-refractivity contribution in [3.8, 4) is 11.3 Å². The number of benzene rings is 2. The topological polar surface area (TPSA) is 91.6 Å². The Labute approximate surface area is 189 Å². The molecule has 172 valence electrons. The van der Waals surface area contributed by atoms with Crippen LogP contribution < -0.4 is 10.6 Å². The van der Waals surface area contributed by atoms with Crippen LogP contribution in [0.4, 0.5) is 22.4 Å². The Balaban J connectivity index is 1.81. The van der Waals surface area contributed by atoms with E-state index < -0.39 is 41.5 Å². The maximum Gasteiger partial charge on any atom is 0.437 e. The van der Waals surface area contributed by atoms with Crippen molar-refractivity contribution in [1.29, 1.82) is 0 Å². The van der Waals surface area contributed by atoms with Gasteiger partial charge >= 0.3 is 12.2 Å². The second-order valence-electron chi connectivity index (χ2n) is 7.40. The van der Waals surface area contributed by atoms with Crippen molar-refractivity contribution in [3.63, 3.8) is 0 Å². The molecule has 0 aliphatic carbocycles. The van der Waals surface area contributed by atoms with Crippen molar-refractivity contribution >= 4 is 23.4 Å². The lowest BCUT2D eigenvalue weighted by Gasteiger charge is -2.44. The molecule has 1 fully saturated rings. The molecule has 1 aliphatic heterocycles. The molecule has 3 unspecified atom stereocenters. The van der Waals surface area contributed by atoms with Gasteiger partial charge in [-0.1, -0.05) is 23.7 Å². The minimum absolute atomic E-state index is 0.206. The van der Waals surface area contributed by atoms with Crippen LogP contribution in [-0.4, -0.2) is 28.8 Å². The maximum absolute atomic E-state index is 13.9. The fourth-order valence-electron chi connectivity index (χ4n) is 3.69. The Morgan fingerprint density at radius 2 is 1.79 bits per heavy atom. The average Bonchev–Trinajstić information content (AvgIpc) is 3.23. The summed E-state index contributed by atoms with van der Waals surface area (Å²) in [6.45, 7) is 0. The lowest BCUT2D eigenvalue weighted by atomic mass is 9.79. The van der Waals surface area contributed by atoms with Crippen LogP contribution in [0.2, 0.25) is 5.02 Å². The normalized spacial score (nSPS) is 23.0. The highest BCUT2D eigenvalue weighted by atomic mass is 35.5. The number of ketones is 1. The predicted molar refractivity (Wildman–Crippen MR) is 109 cm³/mol. The predicted octanol–water partition coefficient (Wildman–Crippen LogP) is 4.84. The SMILES string of the molecule is O=C1NC(c2ccc(-c3cccc(Cl)c3)o2)C(C(=O)c2ccc(F)cc2)C(O)(C(F)(F)F)N1. The molecular weight excluding hydrogens is 468 g/mol. The molecule has 2 amide bonds. The van der Waals surface area contributed by atoms with Crippen molar-refractivity contribution in [2.75, 3.05) is 0 Å². The minimum Gasteiger partial charge on any atom is -0.459 e. The number of carbonyl (C=O) groups is 2. The zero-order valence-electron chi connectivity index (χ0n) is 16.5. The molecule has 0 radical (unpaired) electrons. The van der Waals surface area contributed by atoms with Gasteiger partial charge < -0.3 is 20.2 Å². The molecule has 1 aliphatic rings. The van der Waals surface area contributed by atoms with E-state index in [1.54, 1.807) is 24.3 Å². The Hall–Kier alpha value is -3.37. The molecule has 2 aromatic carbocycles. The van der Waals surface area contributed by atoms with Crippen LogP contribution in [0.1, 0.15) is 22.2 Å². The van der Waals surface area contributed by atoms with Crippen LogP contribution in [0, 0.1) is 11.7 Å². The fraction of sp³-hybridized carbons (Fsp3) is 0.182. The van der Waals surface area contributed by atoms with Crippen LogP contribution in [0.15, 0.2) is 65.1 Å². The number of nitrogens with one attached hydrogen (secondary N) is 2. The first-order valence-corrected chi connectivity index (χ1v) is 9.90. The summed E-state index contributed by atoms with van der Waals surface area (Å²) in [6.07, 6.45) is -5.42. The standard InChI is InChI=1S/C22H15ClF4N2O4/c23-13-3-1-2-12(10-13)15-8-9-16(33-15)18-17(19(30)11-4-6-14(24)7-5-11)21(32,22(25,26)27)29-20(31)28-18/h1-10,17-18,32H,(H2,28,29,31). The van der Waals surface area contributed by atoms with E-state index in [2.05, 4.69) is 5.32 Å². The lowest BCUT2D eigenvalue weighted by Crippen LogP contribution is -2.72. The summed E-state index contributed by atoms with van der Waals surface area (Å²) in [6, 6.07) is 9.87. The zero-order chi connectivity index (χ0) is 24.0. The summed E-state index contributed by atoms with van der Waals surface area (Å²) in [5.74, 6) is -4.18. The Kier molecular flexibility index (Phi) is 5.67. The number of furan rings is 1. The van der Waals surface area contributed by atoms with E-state index in [0.29, 0.717) is 10.6 Å². The van der Waals surface area contributed by atoms with Crippen LogP contribution in [0.5, 0.6) is 0 Å². The smallest absolute Gasteiger partial charge is 0.437 e. The molecular formula is C22H15ClF4N2O4. The summed E-state index contributed by atoms with van der Waals surface area (Å²) in [5, 5.41) is 14.6. The second-order valence-corrected chi connectivity index (χ2v) is 7.84. The van der Waals surface area contributed by atoms with E-state index in [1.165, 1.54) is 17.4 Å². The summed E-state index contributed by atoms with van der Waals surface area (Å²) in [5.41, 5.74) is -3.72. The first-order valence-electron chi connectivity index (χ1n) is 9.53. The van der Waals surface area contributed by atoms with E-state index in [1.807, 2.05) is 0 Å². The number of aliphatic hydroxyl groups is 1. The number of halogens is 5. The van der Waals surface area contributed by atoms with Gasteiger partial charge in [-0.05, 0) is 48.5 Å². The zero-order valence-corrected chi connectivity index (χ0v) is 17.2. The van der Waals surface area contributed by atoms with Crippen LogP contribution in [0.25, 0.3) is 11.3 Å². The maximum atomic E-state index is 13.9. The highest BCUT2D eigenvalue weighted by Gasteiger charge is 2.66. The highest BCUT2D eigenvalue weighted by molar-refractivity contribution is 6.30. The van der Waals surface area contributed by atoms with E-state index in [0.717, 1.165) is 24.3 Å². The molecule has 6 nitrogen and oxygen atoms in total. The molecule has 33 heavy (non-hydrogen) atoms. The van der Waals surface area contributed by atoms with Gasteiger partial charge in [-0.2, -0.15) is 13.2 Å². The summed E-state index contributed by atoms with van der Waals surface area (Å²) < 4.78 is 60.8. The summed E-state index contributed by atoms with van der Waals surface area (Å²) in [4.78, 5) is 25.2. The van der Waals surface area contributed by atoms with Crippen molar-refractivity contribution in [1.82, 2.24) is 10.6 Å². The Morgan fingerprint density at radius 3 is 2.42 bits per heavy atom.